The Hall–Kier alpha value is -2.42. The number of aryl methyl sites for hydroxylation is 1. The fraction of sp³-hybridized carbons (Fsp3) is 0.500. The van der Waals surface area contributed by atoms with Crippen molar-refractivity contribution in [2.24, 2.45) is 0 Å². The molecule has 8 heteroatoms. The summed E-state index contributed by atoms with van der Waals surface area (Å²) in [6, 6.07) is 9.41. The molecule has 1 saturated heterocycles. The molecule has 0 radical (unpaired) electrons. The highest BCUT2D eigenvalue weighted by molar-refractivity contribution is 7.89. The number of sulfonamides is 1. The molecule has 2 heterocycles. The van der Waals surface area contributed by atoms with Crippen LogP contribution in [0.2, 0.25) is 0 Å². The molecule has 2 aromatic rings. The number of hydrogen-bond donors (Lipinski definition) is 1. The van der Waals surface area contributed by atoms with E-state index in [1.54, 1.807) is 30.3 Å². The summed E-state index contributed by atoms with van der Waals surface area (Å²) in [5.41, 5.74) is 4.39. The highest BCUT2D eigenvalue weighted by Gasteiger charge is 2.26. The lowest BCUT2D eigenvalue weighted by Crippen LogP contribution is -2.40. The van der Waals surface area contributed by atoms with Crippen molar-refractivity contribution in [1.82, 2.24) is 14.2 Å². The zero-order chi connectivity index (χ0) is 24.1. The van der Waals surface area contributed by atoms with E-state index < -0.39 is 10.0 Å². The number of carbonyl (C=O) groups excluding carboxylic acids is 1. The van der Waals surface area contributed by atoms with E-state index in [1.807, 2.05) is 6.08 Å². The van der Waals surface area contributed by atoms with Crippen LogP contribution in [0.3, 0.4) is 0 Å². The number of benzene rings is 1. The van der Waals surface area contributed by atoms with E-state index in [1.165, 1.54) is 47.8 Å². The summed E-state index contributed by atoms with van der Waals surface area (Å²) in [4.78, 5) is 12.7. The minimum atomic E-state index is -3.51. The van der Waals surface area contributed by atoms with Gasteiger partial charge in [0, 0.05) is 43.1 Å². The van der Waals surface area contributed by atoms with Gasteiger partial charge in [-0.05, 0) is 62.1 Å². The molecule has 34 heavy (non-hydrogen) atoms. The van der Waals surface area contributed by atoms with Gasteiger partial charge in [-0.25, -0.2) is 8.42 Å². The molecule has 1 N–H and O–H groups in total. The maximum atomic E-state index is 12.7. The highest BCUT2D eigenvalue weighted by Crippen LogP contribution is 2.32. The Morgan fingerprint density at radius 1 is 1.09 bits per heavy atom. The monoisotopic (exact) mass is 485 g/mol. The Kier molecular flexibility index (Phi) is 7.91. The number of nitrogens with zero attached hydrogens (tertiary/aromatic N) is 2. The lowest BCUT2D eigenvalue weighted by atomic mass is 9.95. The Morgan fingerprint density at radius 3 is 2.44 bits per heavy atom. The van der Waals surface area contributed by atoms with Crippen LogP contribution in [0.1, 0.15) is 60.7 Å². The number of amides is 1. The molecule has 1 aliphatic heterocycles. The van der Waals surface area contributed by atoms with Gasteiger partial charge in [0.1, 0.15) is 0 Å². The molecule has 184 valence electrons. The van der Waals surface area contributed by atoms with Gasteiger partial charge in [0.2, 0.25) is 15.9 Å². The van der Waals surface area contributed by atoms with Crippen LogP contribution in [0, 0.1) is 13.8 Å². The zero-order valence-corrected chi connectivity index (χ0v) is 20.9. The van der Waals surface area contributed by atoms with Gasteiger partial charge in [-0.1, -0.05) is 31.4 Å². The van der Waals surface area contributed by atoms with Crippen LogP contribution >= 0.6 is 0 Å². The standard InChI is InChI=1S/C26H35N3O4S/c1-20-18-23(21(2)29(20)24-6-4-3-5-7-24)10-13-26(30)27-19-22-8-11-25(12-9-22)34(31,32)28-14-16-33-17-15-28/h8-13,18,24H,3-7,14-17,19H2,1-2H3,(H,27,30)/b13-10+. The number of rotatable bonds is 7. The van der Waals surface area contributed by atoms with Gasteiger partial charge in [0.25, 0.3) is 0 Å². The summed E-state index contributed by atoms with van der Waals surface area (Å²) in [7, 11) is -3.51. The molecule has 7 nitrogen and oxygen atoms in total. The first-order valence-electron chi connectivity index (χ1n) is 12.2. The van der Waals surface area contributed by atoms with Crippen molar-refractivity contribution in [1.29, 1.82) is 0 Å². The summed E-state index contributed by atoms with van der Waals surface area (Å²) in [6.45, 7) is 6.18. The van der Waals surface area contributed by atoms with E-state index in [-0.39, 0.29) is 10.8 Å². The van der Waals surface area contributed by atoms with Crippen LogP contribution in [0.5, 0.6) is 0 Å². The molecule has 0 spiro atoms. The molecule has 0 unspecified atom stereocenters. The number of ether oxygens (including phenoxy) is 1. The first-order chi connectivity index (χ1) is 16.4. The van der Waals surface area contributed by atoms with E-state index >= 15 is 0 Å². The van der Waals surface area contributed by atoms with Crippen molar-refractivity contribution in [3.63, 3.8) is 0 Å². The number of aromatic nitrogens is 1. The highest BCUT2D eigenvalue weighted by atomic mass is 32.2. The topological polar surface area (TPSA) is 80.6 Å². The van der Waals surface area contributed by atoms with Crippen molar-refractivity contribution < 1.29 is 17.9 Å². The quantitative estimate of drug-likeness (QED) is 0.602. The van der Waals surface area contributed by atoms with Crippen LogP contribution in [0.15, 0.2) is 41.3 Å². The second-order valence-electron chi connectivity index (χ2n) is 9.20. The summed E-state index contributed by atoms with van der Waals surface area (Å²) < 4.78 is 34.6. The molecule has 1 amide bonds. The average Bonchev–Trinajstić information content (AvgIpc) is 3.15. The Balaban J connectivity index is 1.33. The second kappa shape index (κ2) is 10.9. The second-order valence-corrected chi connectivity index (χ2v) is 11.1. The molecule has 0 atom stereocenters. The van der Waals surface area contributed by atoms with Gasteiger partial charge in [-0.3, -0.25) is 4.79 Å². The lowest BCUT2D eigenvalue weighted by Gasteiger charge is -2.26. The van der Waals surface area contributed by atoms with E-state index in [0.717, 1.165) is 11.1 Å². The van der Waals surface area contributed by atoms with Gasteiger partial charge >= 0.3 is 0 Å². The fourth-order valence-electron chi connectivity index (χ4n) is 5.00. The maximum Gasteiger partial charge on any atom is 0.244 e. The third-order valence-electron chi connectivity index (χ3n) is 6.88. The third-order valence-corrected chi connectivity index (χ3v) is 8.79. The van der Waals surface area contributed by atoms with E-state index in [4.69, 9.17) is 4.74 Å². The van der Waals surface area contributed by atoms with Crippen LogP contribution in [0.4, 0.5) is 0 Å². The molecule has 0 bridgehead atoms. The minimum absolute atomic E-state index is 0.174. The predicted octanol–water partition coefficient (Wildman–Crippen LogP) is 3.96. The molecule has 2 fully saturated rings. The minimum Gasteiger partial charge on any atom is -0.379 e. The largest absolute Gasteiger partial charge is 0.379 e. The molecular formula is C26H35N3O4S. The third kappa shape index (κ3) is 5.62. The van der Waals surface area contributed by atoms with Gasteiger partial charge in [-0.2, -0.15) is 4.31 Å². The van der Waals surface area contributed by atoms with Crippen molar-refractivity contribution >= 4 is 22.0 Å². The zero-order valence-electron chi connectivity index (χ0n) is 20.1. The SMILES string of the molecule is Cc1cc(/C=C/C(=O)NCc2ccc(S(=O)(=O)N3CCOCC3)cc2)c(C)n1C1CCCCC1. The molecule has 4 rings (SSSR count). The van der Waals surface area contributed by atoms with Gasteiger partial charge in [-0.15, -0.1) is 0 Å². The Bertz CT molecular complexity index is 1120. The first-order valence-corrected chi connectivity index (χ1v) is 13.6. The van der Waals surface area contributed by atoms with E-state index in [0.29, 0.717) is 38.9 Å². The number of hydrogen-bond acceptors (Lipinski definition) is 4. The van der Waals surface area contributed by atoms with Crippen molar-refractivity contribution in [3.8, 4) is 0 Å². The average molecular weight is 486 g/mol. The summed E-state index contributed by atoms with van der Waals surface area (Å²) in [6.07, 6.45) is 9.82. The number of morpholine rings is 1. The molecule has 1 aliphatic carbocycles. The Labute approximate surface area is 202 Å². The number of nitrogens with one attached hydrogen (secondary N) is 1. The normalized spacial score (nSPS) is 18.4. The van der Waals surface area contributed by atoms with Crippen LogP contribution in [-0.4, -0.2) is 49.5 Å². The van der Waals surface area contributed by atoms with Crippen LogP contribution in [-0.2, 0) is 26.1 Å². The smallest absolute Gasteiger partial charge is 0.244 e. The predicted molar refractivity (Wildman–Crippen MR) is 133 cm³/mol. The van der Waals surface area contributed by atoms with Crippen molar-refractivity contribution in [3.05, 3.63) is 58.9 Å². The van der Waals surface area contributed by atoms with Gasteiger partial charge < -0.3 is 14.6 Å². The molecule has 1 aromatic carbocycles. The van der Waals surface area contributed by atoms with E-state index in [9.17, 15) is 13.2 Å². The lowest BCUT2D eigenvalue weighted by molar-refractivity contribution is -0.116. The van der Waals surface area contributed by atoms with Gasteiger partial charge in [0.15, 0.2) is 0 Å². The summed E-state index contributed by atoms with van der Waals surface area (Å²) in [5, 5.41) is 2.89. The van der Waals surface area contributed by atoms with Crippen molar-refractivity contribution in [2.75, 3.05) is 26.3 Å². The summed E-state index contributed by atoms with van der Waals surface area (Å²) in [5.74, 6) is -0.174. The first kappa shape index (κ1) is 24.7. The summed E-state index contributed by atoms with van der Waals surface area (Å²) >= 11 is 0. The number of carbonyl (C=O) groups is 1. The Morgan fingerprint density at radius 2 is 1.76 bits per heavy atom. The van der Waals surface area contributed by atoms with E-state index in [2.05, 4.69) is 29.8 Å². The molecule has 1 aromatic heterocycles. The van der Waals surface area contributed by atoms with Crippen molar-refractivity contribution in [2.45, 2.75) is 63.4 Å². The maximum absolute atomic E-state index is 12.7. The fourth-order valence-corrected chi connectivity index (χ4v) is 6.41. The molecule has 1 saturated carbocycles. The van der Waals surface area contributed by atoms with Crippen LogP contribution < -0.4 is 5.32 Å². The van der Waals surface area contributed by atoms with Gasteiger partial charge in [0.05, 0.1) is 18.1 Å². The molecular weight excluding hydrogens is 450 g/mol. The van der Waals surface area contributed by atoms with Crippen LogP contribution in [0.25, 0.3) is 6.08 Å². The molecule has 2 aliphatic rings.